The van der Waals surface area contributed by atoms with Crippen molar-refractivity contribution in [3.63, 3.8) is 0 Å². The van der Waals surface area contributed by atoms with Gasteiger partial charge in [-0.1, -0.05) is 26.0 Å². The molecule has 2 N–H and O–H groups in total. The number of ether oxygens (including phenoxy) is 1. The predicted molar refractivity (Wildman–Crippen MR) is 83.1 cm³/mol. The zero-order valence-corrected chi connectivity index (χ0v) is 13.3. The maximum atomic E-state index is 10.3. The molecule has 0 bridgehead atoms. The number of methoxy groups -OCH3 is 1. The molecule has 0 saturated heterocycles. The highest BCUT2D eigenvalue weighted by molar-refractivity contribution is 5.29. The van der Waals surface area contributed by atoms with Crippen LogP contribution in [-0.4, -0.2) is 50.3 Å². The first-order chi connectivity index (χ1) is 9.43. The average Bonchev–Trinajstić information content (AvgIpc) is 2.42. The molecule has 0 aliphatic heterocycles. The molecule has 0 aromatic heterocycles. The summed E-state index contributed by atoms with van der Waals surface area (Å²) >= 11 is 0. The van der Waals surface area contributed by atoms with Crippen molar-refractivity contribution in [2.45, 2.75) is 26.0 Å². The van der Waals surface area contributed by atoms with Gasteiger partial charge >= 0.3 is 0 Å². The molecule has 1 rings (SSSR count). The Balaban J connectivity index is 2.57. The normalized spacial score (nSPS) is 14.6. The van der Waals surface area contributed by atoms with E-state index in [2.05, 4.69) is 38.2 Å². The summed E-state index contributed by atoms with van der Waals surface area (Å²) in [5.74, 6) is 1.30. The lowest BCUT2D eigenvalue weighted by Crippen LogP contribution is -2.43. The number of nitrogens with one attached hydrogen (secondary N) is 1. The third-order valence-corrected chi connectivity index (χ3v) is 3.42. The molecule has 0 radical (unpaired) electrons. The second kappa shape index (κ2) is 8.25. The largest absolute Gasteiger partial charge is 0.497 e. The Morgan fingerprint density at radius 2 is 2.00 bits per heavy atom. The molecule has 1 aromatic carbocycles. The summed E-state index contributed by atoms with van der Waals surface area (Å²) in [5, 5.41) is 13.7. The van der Waals surface area contributed by atoms with Gasteiger partial charge in [-0.15, -0.1) is 0 Å². The van der Waals surface area contributed by atoms with Crippen molar-refractivity contribution in [3.05, 3.63) is 29.8 Å². The number of aliphatic hydroxyl groups excluding tert-OH is 1. The maximum Gasteiger partial charge on any atom is 0.119 e. The van der Waals surface area contributed by atoms with Crippen molar-refractivity contribution >= 4 is 0 Å². The molecular weight excluding hydrogens is 252 g/mol. The second-order valence-electron chi connectivity index (χ2n) is 5.81. The van der Waals surface area contributed by atoms with Crippen LogP contribution in [0.1, 0.15) is 25.5 Å². The summed E-state index contributed by atoms with van der Waals surface area (Å²) in [6.07, 6.45) is -0.520. The van der Waals surface area contributed by atoms with Gasteiger partial charge in [0.1, 0.15) is 5.75 Å². The van der Waals surface area contributed by atoms with Gasteiger partial charge in [0.05, 0.1) is 13.2 Å². The number of hydrogen-bond acceptors (Lipinski definition) is 4. The molecule has 4 nitrogen and oxygen atoms in total. The Morgan fingerprint density at radius 1 is 1.30 bits per heavy atom. The minimum atomic E-state index is -0.520. The Bertz CT molecular complexity index is 394. The smallest absolute Gasteiger partial charge is 0.119 e. The van der Waals surface area contributed by atoms with Gasteiger partial charge in [0, 0.05) is 19.1 Å². The van der Waals surface area contributed by atoms with Crippen LogP contribution in [0.5, 0.6) is 5.75 Å². The Labute approximate surface area is 122 Å². The number of aliphatic hydroxyl groups is 1. The van der Waals surface area contributed by atoms with Crippen LogP contribution < -0.4 is 10.1 Å². The van der Waals surface area contributed by atoms with E-state index in [9.17, 15) is 5.11 Å². The highest BCUT2D eigenvalue weighted by Gasteiger charge is 2.16. The monoisotopic (exact) mass is 280 g/mol. The van der Waals surface area contributed by atoms with Crippen LogP contribution in [-0.2, 0) is 0 Å². The van der Waals surface area contributed by atoms with Gasteiger partial charge < -0.3 is 20.1 Å². The minimum absolute atomic E-state index is 0.366. The summed E-state index contributed by atoms with van der Waals surface area (Å²) in [5.41, 5.74) is 0.879. The van der Waals surface area contributed by atoms with Crippen molar-refractivity contribution in [1.29, 1.82) is 0 Å². The summed E-state index contributed by atoms with van der Waals surface area (Å²) in [6, 6.07) is 7.95. The summed E-state index contributed by atoms with van der Waals surface area (Å²) in [4.78, 5) is 2.16. The maximum absolute atomic E-state index is 10.3. The van der Waals surface area contributed by atoms with Gasteiger partial charge in [0.15, 0.2) is 0 Å². The topological polar surface area (TPSA) is 44.7 Å². The quantitative estimate of drug-likeness (QED) is 0.763. The highest BCUT2D eigenvalue weighted by atomic mass is 16.5. The molecule has 0 spiro atoms. The molecule has 20 heavy (non-hydrogen) atoms. The van der Waals surface area contributed by atoms with E-state index in [1.807, 2.05) is 24.3 Å². The zero-order valence-electron chi connectivity index (χ0n) is 13.3. The van der Waals surface area contributed by atoms with Crippen LogP contribution in [0, 0.1) is 5.92 Å². The van der Waals surface area contributed by atoms with Gasteiger partial charge in [-0.05, 0) is 37.7 Å². The van der Waals surface area contributed by atoms with Crippen molar-refractivity contribution in [3.8, 4) is 5.75 Å². The fraction of sp³-hybridized carbons (Fsp3) is 0.625. The van der Waals surface area contributed by atoms with Crippen molar-refractivity contribution in [1.82, 2.24) is 10.2 Å². The molecule has 0 fully saturated rings. The van der Waals surface area contributed by atoms with Gasteiger partial charge in [-0.25, -0.2) is 0 Å². The molecule has 0 amide bonds. The summed E-state index contributed by atoms with van der Waals surface area (Å²) in [7, 11) is 5.76. The van der Waals surface area contributed by atoms with Gasteiger partial charge in [0.25, 0.3) is 0 Å². The fourth-order valence-electron chi connectivity index (χ4n) is 2.13. The second-order valence-corrected chi connectivity index (χ2v) is 5.81. The molecule has 0 heterocycles. The van der Waals surface area contributed by atoms with Crippen molar-refractivity contribution < 1.29 is 9.84 Å². The van der Waals surface area contributed by atoms with Gasteiger partial charge in [-0.2, -0.15) is 0 Å². The first-order valence-electron chi connectivity index (χ1n) is 7.14. The number of benzene rings is 1. The van der Waals surface area contributed by atoms with E-state index in [-0.39, 0.29) is 0 Å². The molecule has 114 valence electrons. The lowest BCUT2D eigenvalue weighted by molar-refractivity contribution is 0.160. The van der Waals surface area contributed by atoms with Crippen LogP contribution in [0.15, 0.2) is 24.3 Å². The number of nitrogens with zero attached hydrogens (tertiary/aromatic N) is 1. The van der Waals surface area contributed by atoms with E-state index < -0.39 is 6.10 Å². The van der Waals surface area contributed by atoms with E-state index in [1.165, 1.54) is 0 Å². The Morgan fingerprint density at radius 3 is 2.55 bits per heavy atom. The third-order valence-electron chi connectivity index (χ3n) is 3.42. The first-order valence-corrected chi connectivity index (χ1v) is 7.14. The lowest BCUT2D eigenvalue weighted by Gasteiger charge is -2.27. The van der Waals surface area contributed by atoms with E-state index in [0.717, 1.165) is 17.9 Å². The SMILES string of the molecule is COc1cccc(C(O)CNC(CN(C)C)C(C)C)c1. The zero-order chi connectivity index (χ0) is 15.1. The van der Waals surface area contributed by atoms with Gasteiger partial charge in [-0.3, -0.25) is 0 Å². The van der Waals surface area contributed by atoms with Crippen LogP contribution in [0.25, 0.3) is 0 Å². The molecular formula is C16H28N2O2. The number of hydrogen-bond donors (Lipinski definition) is 2. The summed E-state index contributed by atoms with van der Waals surface area (Å²) in [6.45, 7) is 5.89. The molecule has 4 heteroatoms. The van der Waals surface area contributed by atoms with Crippen LogP contribution >= 0.6 is 0 Å². The van der Waals surface area contributed by atoms with E-state index >= 15 is 0 Å². The highest BCUT2D eigenvalue weighted by Crippen LogP contribution is 2.18. The molecule has 0 aliphatic carbocycles. The molecule has 0 aliphatic rings. The molecule has 2 atom stereocenters. The molecule has 2 unspecified atom stereocenters. The van der Waals surface area contributed by atoms with Crippen LogP contribution in [0.4, 0.5) is 0 Å². The van der Waals surface area contributed by atoms with E-state index in [1.54, 1.807) is 7.11 Å². The fourth-order valence-corrected chi connectivity index (χ4v) is 2.13. The standard InChI is InChI=1S/C16H28N2O2/c1-12(2)15(11-18(3)4)17-10-16(19)13-7-6-8-14(9-13)20-5/h6-9,12,15-17,19H,10-11H2,1-5H3. The number of likely N-dealkylation sites (N-methyl/N-ethyl adjacent to an activating group) is 1. The Kier molecular flexibility index (Phi) is 6.99. The van der Waals surface area contributed by atoms with E-state index in [4.69, 9.17) is 4.74 Å². The molecule has 1 aromatic rings. The van der Waals surface area contributed by atoms with E-state index in [0.29, 0.717) is 18.5 Å². The van der Waals surface area contributed by atoms with Crippen molar-refractivity contribution in [2.75, 3.05) is 34.3 Å². The Hall–Kier alpha value is -1.10. The van der Waals surface area contributed by atoms with Crippen molar-refractivity contribution in [2.24, 2.45) is 5.92 Å². The number of rotatable bonds is 8. The van der Waals surface area contributed by atoms with Crippen LogP contribution in [0.3, 0.4) is 0 Å². The first kappa shape index (κ1) is 17.0. The predicted octanol–water partition coefficient (Wildman–Crippen LogP) is 1.90. The minimum Gasteiger partial charge on any atom is -0.497 e. The third kappa shape index (κ3) is 5.49. The van der Waals surface area contributed by atoms with Gasteiger partial charge in [0.2, 0.25) is 0 Å². The average molecular weight is 280 g/mol. The summed E-state index contributed by atoms with van der Waals surface area (Å²) < 4.78 is 5.18. The lowest BCUT2D eigenvalue weighted by atomic mass is 10.0. The molecule has 0 saturated carbocycles. The van der Waals surface area contributed by atoms with Crippen LogP contribution in [0.2, 0.25) is 0 Å².